The Labute approximate surface area is 186 Å². The van der Waals surface area contributed by atoms with E-state index in [2.05, 4.69) is 10.6 Å². The van der Waals surface area contributed by atoms with Gasteiger partial charge in [-0.15, -0.1) is 11.6 Å². The Hall–Kier alpha value is -4.05. The molecule has 32 heavy (non-hydrogen) atoms. The van der Waals surface area contributed by atoms with Gasteiger partial charge in [-0.3, -0.25) is 30.0 Å². The van der Waals surface area contributed by atoms with Crippen LogP contribution in [0.4, 0.5) is 22.7 Å². The van der Waals surface area contributed by atoms with Crippen LogP contribution in [0.25, 0.3) is 0 Å². The average Bonchev–Trinajstić information content (AvgIpc) is 2.79. The maximum absolute atomic E-state index is 11.4. The number of nitrogens with zero attached hydrogens (tertiary/aromatic N) is 3. The number of non-ortho nitro benzene ring substituents is 1. The lowest BCUT2D eigenvalue weighted by atomic mass is 9.83. The molecule has 2 aromatic carbocycles. The summed E-state index contributed by atoms with van der Waals surface area (Å²) in [7, 11) is 0. The standard InChI is InChI=1S/C21H16ClN5O5/c22-11-20(28)23-12-1-3-13(4-2-12)24-21-16-7-5-14(26(29)30)9-18(16)25-19-10-15(27(31)32)6-8-17(19)21/h1-7,9-10,17,25H,8,11H2,(H,23,28). The van der Waals surface area contributed by atoms with Gasteiger partial charge in [0.05, 0.1) is 26.9 Å². The van der Waals surface area contributed by atoms with Crippen LogP contribution >= 0.6 is 11.6 Å². The first-order valence-corrected chi connectivity index (χ1v) is 10.1. The quantitative estimate of drug-likeness (QED) is 0.391. The van der Waals surface area contributed by atoms with E-state index in [1.54, 1.807) is 30.3 Å². The number of hydrogen-bond acceptors (Lipinski definition) is 7. The van der Waals surface area contributed by atoms with Gasteiger partial charge in [0, 0.05) is 41.1 Å². The maximum atomic E-state index is 11.4. The summed E-state index contributed by atoms with van der Waals surface area (Å²) in [6, 6.07) is 11.2. The molecule has 4 rings (SSSR count). The molecule has 0 fully saturated rings. The number of allylic oxidation sites excluding steroid dienone is 3. The number of alkyl halides is 1. The zero-order chi connectivity index (χ0) is 22.8. The van der Waals surface area contributed by atoms with Gasteiger partial charge in [0.2, 0.25) is 5.91 Å². The molecule has 0 spiro atoms. The molecular weight excluding hydrogens is 438 g/mol. The highest BCUT2D eigenvalue weighted by atomic mass is 35.5. The molecule has 0 bridgehead atoms. The molecule has 1 amide bonds. The molecule has 1 atom stereocenters. The Morgan fingerprint density at radius 3 is 2.56 bits per heavy atom. The number of halogens is 1. The van der Waals surface area contributed by atoms with E-state index in [1.807, 2.05) is 0 Å². The van der Waals surface area contributed by atoms with Gasteiger partial charge in [-0.25, -0.2) is 0 Å². The van der Waals surface area contributed by atoms with Crippen molar-refractivity contribution in [1.29, 1.82) is 0 Å². The van der Waals surface area contributed by atoms with Crippen molar-refractivity contribution in [1.82, 2.24) is 0 Å². The highest BCUT2D eigenvalue weighted by molar-refractivity contribution is 6.29. The molecule has 2 N–H and O–H groups in total. The number of hydrogen-bond donors (Lipinski definition) is 2. The summed E-state index contributed by atoms with van der Waals surface area (Å²) < 4.78 is 0. The predicted molar refractivity (Wildman–Crippen MR) is 120 cm³/mol. The Bertz CT molecular complexity index is 1220. The number of nitro benzene ring substituents is 1. The van der Waals surface area contributed by atoms with Crippen LogP contribution in [0.3, 0.4) is 0 Å². The topological polar surface area (TPSA) is 140 Å². The van der Waals surface area contributed by atoms with E-state index in [0.717, 1.165) is 0 Å². The van der Waals surface area contributed by atoms with Crippen LogP contribution in [0, 0.1) is 26.1 Å². The van der Waals surface area contributed by atoms with Crippen LogP contribution in [0.15, 0.2) is 71.0 Å². The number of nitro groups is 2. The summed E-state index contributed by atoms with van der Waals surface area (Å²) >= 11 is 5.50. The number of nitrogens with one attached hydrogen (secondary N) is 2. The fourth-order valence-electron chi connectivity index (χ4n) is 3.60. The molecule has 162 valence electrons. The van der Waals surface area contributed by atoms with E-state index >= 15 is 0 Å². The summed E-state index contributed by atoms with van der Waals surface area (Å²) in [5.74, 6) is -0.760. The zero-order valence-corrected chi connectivity index (χ0v) is 17.2. The SMILES string of the molecule is O=C(CCl)Nc1ccc(N=C2c3ccc([N+](=O)[O-])cc3NC3=CC([N+](=O)[O-])=CCC32)cc1. The van der Waals surface area contributed by atoms with Crippen molar-refractivity contribution in [2.24, 2.45) is 10.9 Å². The van der Waals surface area contributed by atoms with Crippen molar-refractivity contribution in [3.05, 3.63) is 91.8 Å². The van der Waals surface area contributed by atoms with Crippen molar-refractivity contribution in [2.75, 3.05) is 16.5 Å². The predicted octanol–water partition coefficient (Wildman–Crippen LogP) is 4.38. The van der Waals surface area contributed by atoms with Crippen LogP contribution in [0.5, 0.6) is 0 Å². The minimum absolute atomic E-state index is 0.0450. The van der Waals surface area contributed by atoms with Crippen molar-refractivity contribution in [3.63, 3.8) is 0 Å². The lowest BCUT2D eigenvalue weighted by molar-refractivity contribution is -0.419. The van der Waals surface area contributed by atoms with Crippen molar-refractivity contribution in [3.8, 4) is 0 Å². The third-order valence-corrected chi connectivity index (χ3v) is 5.32. The second-order valence-electron chi connectivity index (χ2n) is 7.11. The number of carbonyl (C=O) groups is 1. The number of rotatable bonds is 5. The van der Waals surface area contributed by atoms with E-state index in [0.29, 0.717) is 40.5 Å². The van der Waals surface area contributed by atoms with Crippen LogP contribution in [0.1, 0.15) is 12.0 Å². The molecule has 1 heterocycles. The second kappa shape index (κ2) is 8.60. The van der Waals surface area contributed by atoms with Gasteiger partial charge in [0.1, 0.15) is 5.88 Å². The van der Waals surface area contributed by atoms with Crippen molar-refractivity contribution >= 4 is 46.0 Å². The number of amides is 1. The van der Waals surface area contributed by atoms with Crippen molar-refractivity contribution < 1.29 is 14.6 Å². The molecule has 11 heteroatoms. The molecule has 0 saturated carbocycles. The van der Waals surface area contributed by atoms with Crippen LogP contribution in [-0.4, -0.2) is 27.3 Å². The van der Waals surface area contributed by atoms with Gasteiger partial charge >= 0.3 is 0 Å². The normalized spacial score (nSPS) is 17.9. The first kappa shape index (κ1) is 21.2. The molecule has 1 aliphatic heterocycles. The highest BCUT2D eigenvalue weighted by Crippen LogP contribution is 2.39. The number of anilines is 2. The van der Waals surface area contributed by atoms with Gasteiger partial charge in [-0.1, -0.05) is 0 Å². The highest BCUT2D eigenvalue weighted by Gasteiger charge is 2.34. The Morgan fingerprint density at radius 2 is 1.91 bits per heavy atom. The fraction of sp³-hybridized carbons (Fsp3) is 0.143. The summed E-state index contributed by atoms with van der Waals surface area (Å²) in [4.78, 5) is 37.7. The molecule has 0 aromatic heterocycles. The summed E-state index contributed by atoms with van der Waals surface area (Å²) in [5.41, 5.74) is 3.33. The molecule has 0 radical (unpaired) electrons. The second-order valence-corrected chi connectivity index (χ2v) is 7.38. The molecule has 2 aliphatic rings. The van der Waals surface area contributed by atoms with Crippen molar-refractivity contribution in [2.45, 2.75) is 6.42 Å². The van der Waals surface area contributed by atoms with Gasteiger partial charge in [0.15, 0.2) is 0 Å². The van der Waals surface area contributed by atoms with Gasteiger partial charge in [-0.05, 0) is 42.8 Å². The minimum Gasteiger partial charge on any atom is -0.357 e. The summed E-state index contributed by atoms with van der Waals surface area (Å²) in [6.45, 7) is 0. The molecular formula is C21H16ClN5O5. The Balaban J connectivity index is 1.76. The summed E-state index contributed by atoms with van der Waals surface area (Å²) in [6.07, 6.45) is 3.32. The van der Waals surface area contributed by atoms with E-state index in [4.69, 9.17) is 16.6 Å². The van der Waals surface area contributed by atoms with E-state index in [-0.39, 0.29) is 29.1 Å². The fourth-order valence-corrected chi connectivity index (χ4v) is 3.67. The number of benzene rings is 2. The van der Waals surface area contributed by atoms with Gasteiger partial charge in [0.25, 0.3) is 11.4 Å². The first-order chi connectivity index (χ1) is 15.4. The summed E-state index contributed by atoms with van der Waals surface area (Å²) in [5, 5.41) is 28.2. The first-order valence-electron chi connectivity index (χ1n) is 9.52. The molecule has 2 aromatic rings. The lowest BCUT2D eigenvalue weighted by Gasteiger charge is -2.31. The molecule has 1 unspecified atom stereocenters. The largest absolute Gasteiger partial charge is 0.357 e. The average molecular weight is 454 g/mol. The third-order valence-electron chi connectivity index (χ3n) is 5.07. The zero-order valence-electron chi connectivity index (χ0n) is 16.4. The van der Waals surface area contributed by atoms with E-state index < -0.39 is 9.85 Å². The number of aliphatic imine (C=N–C) groups is 1. The van der Waals surface area contributed by atoms with Gasteiger partial charge in [-0.2, -0.15) is 0 Å². The number of carbonyl (C=O) groups excluding carboxylic acids is 1. The minimum atomic E-state index is -0.504. The Kier molecular flexibility index (Phi) is 5.69. The van der Waals surface area contributed by atoms with E-state index in [1.165, 1.54) is 24.3 Å². The van der Waals surface area contributed by atoms with Crippen LogP contribution in [0.2, 0.25) is 0 Å². The maximum Gasteiger partial charge on any atom is 0.271 e. The molecule has 0 saturated heterocycles. The van der Waals surface area contributed by atoms with Crippen LogP contribution < -0.4 is 10.6 Å². The van der Waals surface area contributed by atoms with Gasteiger partial charge < -0.3 is 10.6 Å². The number of fused-ring (bicyclic) bond motifs is 2. The lowest BCUT2D eigenvalue weighted by Crippen LogP contribution is -2.30. The monoisotopic (exact) mass is 453 g/mol. The molecule has 1 aliphatic carbocycles. The smallest absolute Gasteiger partial charge is 0.271 e. The van der Waals surface area contributed by atoms with E-state index in [9.17, 15) is 25.0 Å². The van der Waals surface area contributed by atoms with Crippen LogP contribution in [-0.2, 0) is 4.79 Å². The molecule has 10 nitrogen and oxygen atoms in total. The third kappa shape index (κ3) is 4.21. The Morgan fingerprint density at radius 1 is 1.16 bits per heavy atom.